The van der Waals surface area contributed by atoms with Crippen LogP contribution in [0.3, 0.4) is 0 Å². The highest BCUT2D eigenvalue weighted by Crippen LogP contribution is 2.24. The molecule has 0 heterocycles. The third-order valence-corrected chi connectivity index (χ3v) is 4.49. The number of sulfone groups is 1. The van der Waals surface area contributed by atoms with Crippen LogP contribution in [-0.2, 0) is 15.6 Å². The van der Waals surface area contributed by atoms with Crippen molar-refractivity contribution in [3.63, 3.8) is 0 Å². The quantitative estimate of drug-likeness (QED) is 0.879. The van der Waals surface area contributed by atoms with Crippen molar-refractivity contribution in [3.8, 4) is 5.75 Å². The zero-order valence-corrected chi connectivity index (χ0v) is 11.7. The van der Waals surface area contributed by atoms with E-state index >= 15 is 0 Å². The van der Waals surface area contributed by atoms with E-state index in [1.807, 2.05) is 0 Å². The van der Waals surface area contributed by atoms with E-state index in [-0.39, 0.29) is 16.2 Å². The average Bonchev–Trinajstić information content (AvgIpc) is 2.41. The van der Waals surface area contributed by atoms with E-state index in [0.717, 1.165) is 0 Å². The minimum absolute atomic E-state index is 0.0188. The van der Waals surface area contributed by atoms with Crippen LogP contribution in [-0.4, -0.2) is 15.5 Å². The lowest BCUT2D eigenvalue weighted by atomic mass is 10.2. The van der Waals surface area contributed by atoms with E-state index in [1.54, 1.807) is 18.2 Å². The third-order valence-electron chi connectivity index (χ3n) is 2.83. The number of halogens is 1. The first-order chi connectivity index (χ1) is 9.44. The predicted octanol–water partition coefficient (Wildman–Crippen LogP) is 2.39. The van der Waals surface area contributed by atoms with Gasteiger partial charge in [-0.25, -0.2) is 12.8 Å². The number of rotatable bonds is 4. The monoisotopic (exact) mass is 295 g/mol. The third kappa shape index (κ3) is 2.91. The Morgan fingerprint density at radius 2 is 1.90 bits per heavy atom. The van der Waals surface area contributed by atoms with Crippen LogP contribution in [0.5, 0.6) is 5.75 Å². The first-order valence-electron chi connectivity index (χ1n) is 5.84. The molecule has 2 N–H and O–H groups in total. The van der Waals surface area contributed by atoms with Crippen molar-refractivity contribution in [1.82, 2.24) is 0 Å². The lowest BCUT2D eigenvalue weighted by Gasteiger charge is -2.09. The van der Waals surface area contributed by atoms with Gasteiger partial charge in [-0.15, -0.1) is 0 Å². The van der Waals surface area contributed by atoms with Crippen LogP contribution in [0.1, 0.15) is 5.56 Å². The second-order valence-electron chi connectivity index (χ2n) is 4.26. The summed E-state index contributed by atoms with van der Waals surface area (Å²) in [5.74, 6) is -1.09. The van der Waals surface area contributed by atoms with Gasteiger partial charge in [0.05, 0.1) is 17.8 Å². The first-order valence-corrected chi connectivity index (χ1v) is 7.49. The van der Waals surface area contributed by atoms with Gasteiger partial charge < -0.3 is 10.5 Å². The maximum absolute atomic E-state index is 14.0. The number of ether oxygens (including phenoxy) is 1. The van der Waals surface area contributed by atoms with E-state index in [4.69, 9.17) is 10.5 Å². The second-order valence-corrected chi connectivity index (χ2v) is 6.25. The molecule has 2 rings (SSSR count). The molecular formula is C14H14FNO3S. The minimum atomic E-state index is -3.66. The Kier molecular flexibility index (Phi) is 3.94. The van der Waals surface area contributed by atoms with Gasteiger partial charge in [0.15, 0.2) is 21.4 Å². The fraction of sp³-hybridized carbons (Fsp3) is 0.143. The Bertz CT molecular complexity index is 729. The molecule has 2 aromatic rings. The molecule has 0 aliphatic carbocycles. The largest absolute Gasteiger partial charge is 0.494 e. The molecule has 0 saturated heterocycles. The van der Waals surface area contributed by atoms with Crippen molar-refractivity contribution >= 4 is 15.5 Å². The maximum Gasteiger partial charge on any atom is 0.182 e. The van der Waals surface area contributed by atoms with Crippen LogP contribution in [0.2, 0.25) is 0 Å². The van der Waals surface area contributed by atoms with Crippen molar-refractivity contribution < 1.29 is 17.5 Å². The highest BCUT2D eigenvalue weighted by atomic mass is 32.2. The summed E-state index contributed by atoms with van der Waals surface area (Å²) in [6, 6.07) is 10.3. The molecular weight excluding hydrogens is 281 g/mol. The molecule has 0 spiro atoms. The summed E-state index contributed by atoms with van der Waals surface area (Å²) in [7, 11) is -2.33. The van der Waals surface area contributed by atoms with Crippen molar-refractivity contribution in [3.05, 3.63) is 53.8 Å². The summed E-state index contributed by atoms with van der Waals surface area (Å²) in [5, 5.41) is 0. The Hall–Kier alpha value is -2.08. The lowest BCUT2D eigenvalue weighted by Crippen LogP contribution is -2.07. The molecule has 20 heavy (non-hydrogen) atoms. The van der Waals surface area contributed by atoms with E-state index in [1.165, 1.54) is 31.4 Å². The molecule has 6 heteroatoms. The highest BCUT2D eigenvalue weighted by Gasteiger charge is 2.19. The normalized spacial score (nSPS) is 11.3. The van der Waals surface area contributed by atoms with Crippen molar-refractivity contribution in [1.29, 1.82) is 0 Å². The van der Waals surface area contributed by atoms with Gasteiger partial charge in [0.1, 0.15) is 0 Å². The van der Waals surface area contributed by atoms with Gasteiger partial charge in [-0.05, 0) is 24.3 Å². The van der Waals surface area contributed by atoms with Crippen LogP contribution >= 0.6 is 0 Å². The van der Waals surface area contributed by atoms with Gasteiger partial charge in [0, 0.05) is 11.3 Å². The Morgan fingerprint density at radius 1 is 1.20 bits per heavy atom. The maximum atomic E-state index is 14.0. The second kappa shape index (κ2) is 5.50. The van der Waals surface area contributed by atoms with Crippen molar-refractivity contribution in [2.45, 2.75) is 10.6 Å². The van der Waals surface area contributed by atoms with Gasteiger partial charge >= 0.3 is 0 Å². The van der Waals surface area contributed by atoms with Crippen molar-refractivity contribution in [2.75, 3.05) is 12.8 Å². The van der Waals surface area contributed by atoms with Gasteiger partial charge in [0.25, 0.3) is 0 Å². The summed E-state index contributed by atoms with van der Waals surface area (Å²) >= 11 is 0. The molecule has 0 radical (unpaired) electrons. The lowest BCUT2D eigenvalue weighted by molar-refractivity contribution is 0.385. The minimum Gasteiger partial charge on any atom is -0.494 e. The standard InChI is InChI=1S/C14H14FNO3S/c1-19-13-7-2-4-10(14(13)15)9-20(17,18)12-6-3-5-11(16)8-12/h2-8H,9,16H2,1H3. The van der Waals surface area contributed by atoms with E-state index in [9.17, 15) is 12.8 Å². The van der Waals surface area contributed by atoms with Crippen molar-refractivity contribution in [2.24, 2.45) is 0 Å². The smallest absolute Gasteiger partial charge is 0.182 e. The highest BCUT2D eigenvalue weighted by molar-refractivity contribution is 7.90. The molecule has 0 atom stereocenters. The topological polar surface area (TPSA) is 69.4 Å². The molecule has 0 unspecified atom stereocenters. The van der Waals surface area contributed by atoms with Gasteiger partial charge in [-0.3, -0.25) is 0 Å². The van der Waals surface area contributed by atoms with Gasteiger partial charge in [-0.1, -0.05) is 18.2 Å². The summed E-state index contributed by atoms with van der Waals surface area (Å²) in [5.41, 5.74) is 5.97. The van der Waals surface area contributed by atoms with Crippen LogP contribution in [0.15, 0.2) is 47.4 Å². The number of hydrogen-bond donors (Lipinski definition) is 1. The molecule has 0 aliphatic heterocycles. The molecule has 0 bridgehead atoms. The zero-order valence-electron chi connectivity index (χ0n) is 10.8. The molecule has 2 aromatic carbocycles. The predicted molar refractivity (Wildman–Crippen MR) is 74.7 cm³/mol. The molecule has 0 fully saturated rings. The average molecular weight is 295 g/mol. The van der Waals surface area contributed by atoms with Gasteiger partial charge in [0.2, 0.25) is 0 Å². The summed E-state index contributed by atoms with van der Waals surface area (Å²) < 4.78 is 43.3. The Morgan fingerprint density at radius 3 is 2.55 bits per heavy atom. The summed E-state index contributed by atoms with van der Waals surface area (Å²) in [6.45, 7) is 0. The number of hydrogen-bond acceptors (Lipinski definition) is 4. The Labute approximate surface area is 116 Å². The molecule has 0 aliphatic rings. The fourth-order valence-electron chi connectivity index (χ4n) is 1.82. The van der Waals surface area contributed by atoms with E-state index in [2.05, 4.69) is 0 Å². The molecule has 0 aromatic heterocycles. The van der Waals surface area contributed by atoms with E-state index in [0.29, 0.717) is 5.69 Å². The number of anilines is 1. The number of nitrogen functional groups attached to an aromatic ring is 1. The van der Waals surface area contributed by atoms with E-state index < -0.39 is 21.4 Å². The first kappa shape index (κ1) is 14.3. The van der Waals surface area contributed by atoms with Crippen LogP contribution in [0, 0.1) is 5.82 Å². The molecule has 0 amide bonds. The summed E-state index contributed by atoms with van der Waals surface area (Å²) in [4.78, 5) is 0.0692. The number of nitrogens with two attached hydrogens (primary N) is 1. The zero-order chi connectivity index (χ0) is 14.8. The number of benzene rings is 2. The van der Waals surface area contributed by atoms with Crippen LogP contribution in [0.25, 0.3) is 0 Å². The fourth-order valence-corrected chi connectivity index (χ4v) is 3.22. The SMILES string of the molecule is COc1cccc(CS(=O)(=O)c2cccc(N)c2)c1F. The van der Waals surface area contributed by atoms with Crippen LogP contribution in [0.4, 0.5) is 10.1 Å². The number of methoxy groups -OCH3 is 1. The molecule has 0 saturated carbocycles. The summed E-state index contributed by atoms with van der Waals surface area (Å²) in [6.07, 6.45) is 0. The molecule has 4 nitrogen and oxygen atoms in total. The van der Waals surface area contributed by atoms with Crippen LogP contribution < -0.4 is 10.5 Å². The Balaban J connectivity index is 2.39. The van der Waals surface area contributed by atoms with Gasteiger partial charge in [-0.2, -0.15) is 0 Å². The molecule has 106 valence electrons.